The molecule has 0 fully saturated rings. The molecule has 2 unspecified atom stereocenters. The Morgan fingerprint density at radius 1 is 0.967 bits per heavy atom. The molecule has 0 N–H and O–H groups in total. The third-order valence-electron chi connectivity index (χ3n) is 6.12. The number of aromatic nitrogens is 1. The van der Waals surface area contributed by atoms with Crippen LogP contribution in [0.4, 0.5) is 10.5 Å². The lowest BCUT2D eigenvalue weighted by Gasteiger charge is -2.21. The lowest BCUT2D eigenvalue weighted by Crippen LogP contribution is -2.27. The van der Waals surface area contributed by atoms with Gasteiger partial charge in [0, 0.05) is 17.0 Å². The van der Waals surface area contributed by atoms with E-state index in [1.165, 1.54) is 14.2 Å². The fraction of sp³-hybridized carbons (Fsp3) is 0.261. The highest BCUT2D eigenvalue weighted by Gasteiger charge is 2.51. The highest BCUT2D eigenvalue weighted by atomic mass is 16.5. The van der Waals surface area contributed by atoms with E-state index in [1.807, 2.05) is 48.5 Å². The van der Waals surface area contributed by atoms with Crippen molar-refractivity contribution < 1.29 is 23.9 Å². The zero-order valence-corrected chi connectivity index (χ0v) is 16.6. The van der Waals surface area contributed by atoms with Gasteiger partial charge in [-0.05, 0) is 23.3 Å². The number of carbonyl (C=O) groups excluding carboxylic acids is 3. The molecular weight excluding hydrogens is 384 g/mol. The number of benzene rings is 2. The van der Waals surface area contributed by atoms with Crippen LogP contribution in [0.15, 0.2) is 48.5 Å². The number of esters is 2. The van der Waals surface area contributed by atoms with Crippen molar-refractivity contribution in [3.05, 3.63) is 65.4 Å². The fourth-order valence-electron chi connectivity index (χ4n) is 4.89. The van der Waals surface area contributed by atoms with Gasteiger partial charge in [0.25, 0.3) is 0 Å². The number of amides is 1. The van der Waals surface area contributed by atoms with Crippen LogP contribution in [-0.2, 0) is 25.5 Å². The van der Waals surface area contributed by atoms with Crippen LogP contribution in [0.5, 0.6) is 0 Å². The van der Waals surface area contributed by atoms with Crippen LogP contribution >= 0.6 is 0 Å². The SMILES string of the molecule is COC(=O)Cc1c2n(c3ccccc13)C(=O)N1c3ccccc3C(CC(=O)OC)C21. The van der Waals surface area contributed by atoms with Gasteiger partial charge in [0.05, 0.1) is 44.3 Å². The Balaban J connectivity index is 1.76. The molecule has 0 radical (unpaired) electrons. The molecule has 152 valence electrons. The maximum absolute atomic E-state index is 13.6. The average molecular weight is 404 g/mol. The van der Waals surface area contributed by atoms with Crippen molar-refractivity contribution in [3.63, 3.8) is 0 Å². The van der Waals surface area contributed by atoms with E-state index in [9.17, 15) is 14.4 Å². The Bertz CT molecular complexity index is 1210. The zero-order chi connectivity index (χ0) is 21.0. The molecule has 7 heteroatoms. The fourth-order valence-corrected chi connectivity index (χ4v) is 4.89. The molecule has 30 heavy (non-hydrogen) atoms. The second kappa shape index (κ2) is 6.73. The van der Waals surface area contributed by atoms with E-state index in [0.29, 0.717) is 0 Å². The minimum absolute atomic E-state index is 0.0538. The van der Waals surface area contributed by atoms with Crippen LogP contribution in [0.25, 0.3) is 10.9 Å². The summed E-state index contributed by atoms with van der Waals surface area (Å²) < 4.78 is 11.5. The number of rotatable bonds is 4. The molecular formula is C23H20N2O5. The summed E-state index contributed by atoms with van der Waals surface area (Å²) in [5.74, 6) is -0.979. The molecule has 0 spiro atoms. The molecule has 2 atom stereocenters. The van der Waals surface area contributed by atoms with Crippen molar-refractivity contribution in [1.82, 2.24) is 4.57 Å². The number of hydrogen-bond donors (Lipinski definition) is 0. The predicted molar refractivity (Wildman–Crippen MR) is 109 cm³/mol. The van der Waals surface area contributed by atoms with Gasteiger partial charge >= 0.3 is 18.0 Å². The molecule has 0 saturated carbocycles. The first-order valence-corrected chi connectivity index (χ1v) is 9.75. The van der Waals surface area contributed by atoms with Crippen LogP contribution in [0.1, 0.15) is 35.2 Å². The second-order valence-corrected chi connectivity index (χ2v) is 7.51. The van der Waals surface area contributed by atoms with Crippen molar-refractivity contribution >= 4 is 34.6 Å². The number of para-hydroxylation sites is 2. The van der Waals surface area contributed by atoms with Gasteiger partial charge in [-0.2, -0.15) is 0 Å². The minimum Gasteiger partial charge on any atom is -0.469 e. The first-order chi connectivity index (χ1) is 14.6. The zero-order valence-electron chi connectivity index (χ0n) is 16.6. The highest BCUT2D eigenvalue weighted by molar-refractivity contribution is 6.08. The summed E-state index contributed by atoms with van der Waals surface area (Å²) in [5.41, 5.74) is 3.98. The van der Waals surface area contributed by atoms with Crippen LogP contribution in [0.3, 0.4) is 0 Å². The van der Waals surface area contributed by atoms with E-state index >= 15 is 0 Å². The number of methoxy groups -OCH3 is 2. The molecule has 0 aliphatic carbocycles. The van der Waals surface area contributed by atoms with Gasteiger partial charge in [-0.1, -0.05) is 36.4 Å². The van der Waals surface area contributed by atoms with Crippen molar-refractivity contribution in [3.8, 4) is 0 Å². The summed E-state index contributed by atoms with van der Waals surface area (Å²) in [6.07, 6.45) is 0.194. The van der Waals surface area contributed by atoms with E-state index in [4.69, 9.17) is 9.47 Å². The lowest BCUT2D eigenvalue weighted by atomic mass is 9.88. The highest BCUT2D eigenvalue weighted by Crippen LogP contribution is 2.55. The average Bonchev–Trinajstić information content (AvgIpc) is 3.36. The lowest BCUT2D eigenvalue weighted by molar-refractivity contribution is -0.141. The first kappa shape index (κ1) is 18.4. The Kier molecular flexibility index (Phi) is 4.13. The molecule has 1 amide bonds. The number of nitrogens with zero attached hydrogens (tertiary/aromatic N) is 2. The molecule has 1 aromatic heterocycles. The third kappa shape index (κ3) is 2.41. The van der Waals surface area contributed by atoms with Crippen molar-refractivity contribution in [2.45, 2.75) is 24.8 Å². The molecule has 5 rings (SSSR count). The van der Waals surface area contributed by atoms with Gasteiger partial charge in [0.15, 0.2) is 0 Å². The van der Waals surface area contributed by atoms with Crippen LogP contribution < -0.4 is 4.90 Å². The Hall–Kier alpha value is -3.61. The Morgan fingerprint density at radius 3 is 2.43 bits per heavy atom. The molecule has 3 heterocycles. The molecule has 3 aromatic rings. The monoisotopic (exact) mass is 404 g/mol. The summed E-state index contributed by atoms with van der Waals surface area (Å²) in [7, 11) is 2.71. The standard InChI is InChI=1S/C23H20N2O5/c1-29-19(26)11-15-13-7-3-5-9-17(13)24-21(15)22-16(12-20(27)30-2)14-8-4-6-10-18(14)25(22)23(24)28/h3-10,15,21H,11-12H2,1-2H3. The topological polar surface area (TPSA) is 77.8 Å². The summed E-state index contributed by atoms with van der Waals surface area (Å²) in [4.78, 5) is 39.8. The normalized spacial score (nSPS) is 18.9. The smallest absolute Gasteiger partial charge is 0.334 e. The number of anilines is 1. The summed E-state index contributed by atoms with van der Waals surface area (Å²) >= 11 is 0. The molecule has 7 nitrogen and oxygen atoms in total. The minimum atomic E-state index is -0.388. The molecule has 2 aliphatic rings. The molecule has 2 aromatic carbocycles. The third-order valence-corrected chi connectivity index (χ3v) is 6.12. The number of carbonyl (C=O) groups is 3. The van der Waals surface area contributed by atoms with E-state index in [1.54, 1.807) is 9.47 Å². The maximum atomic E-state index is 13.6. The Labute approximate surface area is 172 Å². The van der Waals surface area contributed by atoms with Crippen molar-refractivity contribution in [1.29, 1.82) is 0 Å². The van der Waals surface area contributed by atoms with E-state index in [2.05, 4.69) is 0 Å². The van der Waals surface area contributed by atoms with Gasteiger partial charge in [-0.25, -0.2) is 4.79 Å². The summed E-state index contributed by atoms with van der Waals surface area (Å²) in [6, 6.07) is 14.6. The summed E-state index contributed by atoms with van der Waals surface area (Å²) in [6.45, 7) is 0. The molecule has 2 aliphatic heterocycles. The first-order valence-electron chi connectivity index (χ1n) is 9.75. The molecule has 0 saturated heterocycles. The van der Waals surface area contributed by atoms with Crippen LogP contribution in [-0.4, -0.2) is 36.8 Å². The van der Waals surface area contributed by atoms with E-state index in [-0.39, 0.29) is 42.8 Å². The van der Waals surface area contributed by atoms with Gasteiger partial charge in [-0.15, -0.1) is 0 Å². The van der Waals surface area contributed by atoms with Gasteiger partial charge in [-0.3, -0.25) is 19.1 Å². The summed E-state index contributed by atoms with van der Waals surface area (Å²) in [5, 5.41) is 0.846. The van der Waals surface area contributed by atoms with Crippen molar-refractivity contribution in [2.24, 2.45) is 0 Å². The largest absolute Gasteiger partial charge is 0.469 e. The van der Waals surface area contributed by atoms with E-state index in [0.717, 1.165) is 33.4 Å². The quantitative estimate of drug-likeness (QED) is 0.622. The Morgan fingerprint density at radius 2 is 1.67 bits per heavy atom. The van der Waals surface area contributed by atoms with Crippen LogP contribution in [0.2, 0.25) is 0 Å². The van der Waals surface area contributed by atoms with Crippen LogP contribution in [0, 0.1) is 0 Å². The van der Waals surface area contributed by atoms with Gasteiger partial charge in [0.1, 0.15) is 0 Å². The van der Waals surface area contributed by atoms with Gasteiger partial charge < -0.3 is 9.47 Å². The number of ether oxygens (including phenoxy) is 2. The number of hydrogen-bond acceptors (Lipinski definition) is 5. The predicted octanol–water partition coefficient (Wildman–Crippen LogP) is 3.55. The second-order valence-electron chi connectivity index (χ2n) is 7.51. The number of fused-ring (bicyclic) bond motifs is 7. The molecule has 0 bridgehead atoms. The maximum Gasteiger partial charge on any atom is 0.334 e. The van der Waals surface area contributed by atoms with Gasteiger partial charge in [0.2, 0.25) is 0 Å². The van der Waals surface area contributed by atoms with Crippen molar-refractivity contribution in [2.75, 3.05) is 19.1 Å². The van der Waals surface area contributed by atoms with E-state index < -0.39 is 0 Å².